The molecule has 2 rings (SSSR count). The molecule has 0 saturated carbocycles. The van der Waals surface area contributed by atoms with Crippen molar-refractivity contribution in [3.8, 4) is 0 Å². The molecule has 0 amide bonds. The van der Waals surface area contributed by atoms with E-state index in [1.165, 1.54) is 6.07 Å². The molecule has 1 fully saturated rings. The van der Waals surface area contributed by atoms with Crippen molar-refractivity contribution in [2.24, 2.45) is 0 Å². The molecule has 0 aromatic heterocycles. The Morgan fingerprint density at radius 2 is 1.88 bits per heavy atom. The monoisotopic (exact) mass is 272 g/mol. The van der Waals surface area contributed by atoms with E-state index in [9.17, 15) is 17.3 Å². The number of rotatable bonds is 2. The second-order valence-electron chi connectivity index (χ2n) is 4.14. The summed E-state index contributed by atoms with van der Waals surface area (Å²) in [5, 5.41) is 0. The average Bonchev–Trinajstić information content (AvgIpc) is 2.12. The average molecular weight is 272 g/mol. The summed E-state index contributed by atoms with van der Waals surface area (Å²) < 4.78 is 55.6. The Hall–Kier alpha value is 0.601. The fourth-order valence-corrected chi connectivity index (χ4v) is 1.76. The van der Waals surface area contributed by atoms with Gasteiger partial charge in [0.15, 0.2) is 0 Å². The third-order valence-electron chi connectivity index (χ3n) is 2.96. The van der Waals surface area contributed by atoms with Gasteiger partial charge >= 0.3 is 58.4 Å². The Kier molecular flexibility index (Phi) is 4.89. The Bertz CT molecular complexity index is 417. The Labute approximate surface area is 139 Å². The molecule has 1 aromatic carbocycles. The van der Waals surface area contributed by atoms with Crippen LogP contribution < -0.4 is 56.8 Å². The minimum absolute atomic E-state index is 0. The largest absolute Gasteiger partial charge is 1.00 e. The van der Waals surface area contributed by atoms with Crippen molar-refractivity contribution in [2.75, 3.05) is 6.61 Å². The molecule has 88 valence electrons. The van der Waals surface area contributed by atoms with Gasteiger partial charge in [-0.15, -0.1) is 0 Å². The van der Waals surface area contributed by atoms with Crippen LogP contribution in [0.4, 0.5) is 17.3 Å². The molecule has 1 heterocycles. The Balaban J connectivity index is 0.00000144. The molecule has 0 spiro atoms. The topological polar surface area (TPSA) is 9.23 Å². The van der Waals surface area contributed by atoms with Crippen LogP contribution in [0, 0.1) is 5.82 Å². The van der Waals surface area contributed by atoms with Gasteiger partial charge in [0, 0.05) is 6.42 Å². The number of hydrogen-bond acceptors (Lipinski definition) is 1. The van der Waals surface area contributed by atoms with E-state index in [-0.39, 0.29) is 51.4 Å². The van der Waals surface area contributed by atoms with Gasteiger partial charge in [0.2, 0.25) is 0 Å². The van der Waals surface area contributed by atoms with Crippen LogP contribution in [0.1, 0.15) is 18.9 Å². The maximum Gasteiger partial charge on any atom is 1.00 e. The molecule has 0 N–H and O–H groups in total. The standard InChI is InChI=1S/C10H10BF4O.K/c1-10(4-5-16-10)7-2-3-8(9(12)6-7)11(13,14)15;/h2-3,6H,4-5H2,1H3;/q-1;+1. The van der Waals surface area contributed by atoms with Crippen LogP contribution in [-0.2, 0) is 10.3 Å². The van der Waals surface area contributed by atoms with Crippen LogP contribution >= 0.6 is 0 Å². The zero-order valence-electron chi connectivity index (χ0n) is 9.64. The molecular weight excluding hydrogens is 262 g/mol. The molecule has 1 atom stereocenters. The summed E-state index contributed by atoms with van der Waals surface area (Å²) in [4.78, 5) is 0. The van der Waals surface area contributed by atoms with Crippen LogP contribution in [0.5, 0.6) is 0 Å². The maximum atomic E-state index is 13.3. The first-order valence-electron chi connectivity index (χ1n) is 4.97. The van der Waals surface area contributed by atoms with Crippen molar-refractivity contribution in [1.82, 2.24) is 0 Å². The van der Waals surface area contributed by atoms with Crippen LogP contribution in [0.3, 0.4) is 0 Å². The van der Waals surface area contributed by atoms with Crippen molar-refractivity contribution in [3.05, 3.63) is 29.6 Å². The number of hydrogen-bond donors (Lipinski definition) is 0. The van der Waals surface area contributed by atoms with Gasteiger partial charge in [0.05, 0.1) is 18.0 Å². The minimum atomic E-state index is -5.29. The first kappa shape index (κ1) is 15.7. The SMILES string of the molecule is CC1(c2ccc([B-](F)(F)F)c(F)c2)CCO1.[K+]. The summed E-state index contributed by atoms with van der Waals surface area (Å²) in [5.74, 6) is -1.22. The first-order chi connectivity index (χ1) is 7.33. The van der Waals surface area contributed by atoms with Gasteiger partial charge in [0.25, 0.3) is 0 Å². The number of ether oxygens (including phenoxy) is 1. The zero-order valence-corrected chi connectivity index (χ0v) is 12.8. The zero-order chi connectivity index (χ0) is 12.0. The fraction of sp³-hybridized carbons (Fsp3) is 0.400. The normalized spacial score (nSPS) is 23.8. The van der Waals surface area contributed by atoms with Crippen LogP contribution in [0.15, 0.2) is 18.2 Å². The smallest absolute Gasteiger partial charge is 0.445 e. The van der Waals surface area contributed by atoms with E-state index < -0.39 is 23.9 Å². The van der Waals surface area contributed by atoms with Crippen molar-refractivity contribution in [1.29, 1.82) is 0 Å². The molecule has 17 heavy (non-hydrogen) atoms. The summed E-state index contributed by atoms with van der Waals surface area (Å²) in [6.45, 7) is -2.99. The van der Waals surface area contributed by atoms with E-state index in [2.05, 4.69) is 0 Å². The van der Waals surface area contributed by atoms with Crippen molar-refractivity contribution < 1.29 is 73.5 Å². The predicted octanol–water partition coefficient (Wildman–Crippen LogP) is -0.480. The van der Waals surface area contributed by atoms with E-state index in [1.54, 1.807) is 6.92 Å². The minimum Gasteiger partial charge on any atom is -0.445 e. The summed E-state index contributed by atoms with van der Waals surface area (Å²) in [5.41, 5.74) is -1.34. The van der Waals surface area contributed by atoms with E-state index in [0.717, 1.165) is 12.1 Å². The molecule has 1 aliphatic rings. The summed E-state index contributed by atoms with van der Waals surface area (Å²) in [6, 6.07) is 2.99. The second-order valence-corrected chi connectivity index (χ2v) is 4.14. The predicted molar refractivity (Wildman–Crippen MR) is 53.0 cm³/mol. The summed E-state index contributed by atoms with van der Waals surface area (Å²) in [6.07, 6.45) is 0.697. The molecule has 0 aliphatic carbocycles. The third kappa shape index (κ3) is 3.13. The molecule has 0 radical (unpaired) electrons. The van der Waals surface area contributed by atoms with Crippen LogP contribution in [-0.4, -0.2) is 13.6 Å². The van der Waals surface area contributed by atoms with E-state index in [4.69, 9.17) is 4.74 Å². The van der Waals surface area contributed by atoms with Crippen molar-refractivity contribution >= 4 is 12.4 Å². The Morgan fingerprint density at radius 3 is 2.24 bits per heavy atom. The molecule has 0 bridgehead atoms. The summed E-state index contributed by atoms with van der Waals surface area (Å²) >= 11 is 0. The number of benzene rings is 1. The Morgan fingerprint density at radius 1 is 1.29 bits per heavy atom. The van der Waals surface area contributed by atoms with Gasteiger partial charge in [-0.1, -0.05) is 17.6 Å². The van der Waals surface area contributed by atoms with Gasteiger partial charge in [-0.05, 0) is 18.6 Å². The van der Waals surface area contributed by atoms with Crippen LogP contribution in [0.2, 0.25) is 0 Å². The second kappa shape index (κ2) is 5.30. The molecule has 1 saturated heterocycles. The molecule has 7 heteroatoms. The van der Waals surface area contributed by atoms with Gasteiger partial charge in [-0.2, -0.15) is 0 Å². The maximum absolute atomic E-state index is 13.3. The third-order valence-corrected chi connectivity index (χ3v) is 2.96. The van der Waals surface area contributed by atoms with Crippen molar-refractivity contribution in [2.45, 2.75) is 18.9 Å². The molecule has 1 aromatic rings. The van der Waals surface area contributed by atoms with Crippen LogP contribution in [0.25, 0.3) is 0 Å². The number of halogens is 4. The van der Waals surface area contributed by atoms with Crippen molar-refractivity contribution in [3.63, 3.8) is 0 Å². The van der Waals surface area contributed by atoms with E-state index in [1.807, 2.05) is 0 Å². The molecule has 1 nitrogen and oxygen atoms in total. The van der Waals surface area contributed by atoms with Gasteiger partial charge < -0.3 is 17.7 Å². The van der Waals surface area contributed by atoms with Gasteiger partial charge in [-0.3, -0.25) is 0 Å². The van der Waals surface area contributed by atoms with E-state index in [0.29, 0.717) is 18.6 Å². The summed E-state index contributed by atoms with van der Waals surface area (Å²) in [7, 11) is 0. The molecule has 1 unspecified atom stereocenters. The fourth-order valence-electron chi connectivity index (χ4n) is 1.76. The van der Waals surface area contributed by atoms with Gasteiger partial charge in [-0.25, -0.2) is 4.39 Å². The van der Waals surface area contributed by atoms with E-state index >= 15 is 0 Å². The molecular formula is C10H10BF4KO. The quantitative estimate of drug-likeness (QED) is 0.522. The van der Waals surface area contributed by atoms with Gasteiger partial charge in [0.1, 0.15) is 0 Å². The first-order valence-corrected chi connectivity index (χ1v) is 4.97. The molecule has 1 aliphatic heterocycles.